The highest BCUT2D eigenvalue weighted by atomic mass is 16.5. The highest BCUT2D eigenvalue weighted by Crippen LogP contribution is 2.27. The van der Waals surface area contributed by atoms with Crippen LogP contribution in [0.5, 0.6) is 0 Å². The molecule has 160 valence electrons. The summed E-state index contributed by atoms with van der Waals surface area (Å²) in [7, 11) is 2.54. The summed E-state index contributed by atoms with van der Waals surface area (Å²) >= 11 is 0. The molecule has 3 aromatic rings. The van der Waals surface area contributed by atoms with Crippen LogP contribution < -0.4 is 4.90 Å². The van der Waals surface area contributed by atoms with Crippen LogP contribution in [0.15, 0.2) is 84.2 Å². The Morgan fingerprint density at radius 2 is 1.69 bits per heavy atom. The Morgan fingerprint density at radius 3 is 2.41 bits per heavy atom. The fourth-order valence-electron chi connectivity index (χ4n) is 3.34. The molecular weight excluding hydrogens is 406 g/mol. The van der Waals surface area contributed by atoms with E-state index in [1.165, 1.54) is 20.3 Å². The van der Waals surface area contributed by atoms with E-state index in [9.17, 15) is 9.59 Å². The summed E-state index contributed by atoms with van der Waals surface area (Å²) < 4.78 is 9.76. The van der Waals surface area contributed by atoms with Crippen LogP contribution in [0.4, 0.5) is 5.69 Å². The van der Waals surface area contributed by atoms with Gasteiger partial charge in [-0.2, -0.15) is 0 Å². The number of fused-ring (bicyclic) bond motifs is 1. The molecule has 32 heavy (non-hydrogen) atoms. The molecule has 4 rings (SSSR count). The Balaban J connectivity index is 1.63. The third-order valence-electron chi connectivity index (χ3n) is 4.90. The number of allylic oxidation sites excluding steroid dienone is 2. The summed E-state index contributed by atoms with van der Waals surface area (Å²) in [5.74, 6) is -0.508. The van der Waals surface area contributed by atoms with Crippen LogP contribution in [0.25, 0.3) is 23.2 Å². The van der Waals surface area contributed by atoms with Crippen molar-refractivity contribution in [3.8, 4) is 0 Å². The molecule has 2 aromatic carbocycles. The van der Waals surface area contributed by atoms with Crippen molar-refractivity contribution >= 4 is 40.8 Å². The highest BCUT2D eigenvalue weighted by molar-refractivity contribution is 6.05. The normalized spacial score (nSPS) is 13.6. The van der Waals surface area contributed by atoms with E-state index in [1.54, 1.807) is 23.3 Å². The van der Waals surface area contributed by atoms with Crippen molar-refractivity contribution in [3.63, 3.8) is 0 Å². The second kappa shape index (κ2) is 9.18. The molecule has 0 spiro atoms. The van der Waals surface area contributed by atoms with Crippen molar-refractivity contribution in [3.05, 3.63) is 95.6 Å². The van der Waals surface area contributed by atoms with Gasteiger partial charge >= 0.3 is 11.9 Å². The van der Waals surface area contributed by atoms with E-state index in [1.807, 2.05) is 60.7 Å². The van der Waals surface area contributed by atoms with Gasteiger partial charge in [0.2, 0.25) is 0 Å². The number of methoxy groups -OCH3 is 2. The number of H-pyrrole nitrogens is 1. The number of carbonyl (C=O) groups excluding carboxylic acids is 2. The van der Waals surface area contributed by atoms with Crippen LogP contribution in [0, 0.1) is 0 Å². The molecule has 1 aromatic heterocycles. The van der Waals surface area contributed by atoms with E-state index in [-0.39, 0.29) is 11.3 Å². The fraction of sp³-hybridized carbons (Fsp3) is 0.0800. The summed E-state index contributed by atoms with van der Waals surface area (Å²) in [6.07, 6.45) is 10.5. The monoisotopic (exact) mass is 427 g/mol. The van der Waals surface area contributed by atoms with Crippen molar-refractivity contribution in [2.24, 2.45) is 0 Å². The molecule has 0 unspecified atom stereocenters. The smallest absolute Gasteiger partial charge is 0.355 e. The van der Waals surface area contributed by atoms with Crippen molar-refractivity contribution in [2.75, 3.05) is 19.1 Å². The molecule has 1 N–H and O–H groups in total. The Bertz CT molecular complexity index is 1250. The topological polar surface area (TPSA) is 84.5 Å². The van der Waals surface area contributed by atoms with Crippen LogP contribution in [0.1, 0.15) is 11.4 Å². The molecule has 0 atom stereocenters. The van der Waals surface area contributed by atoms with Gasteiger partial charge in [-0.1, -0.05) is 36.4 Å². The Hall–Kier alpha value is -4.39. The van der Waals surface area contributed by atoms with Crippen LogP contribution in [-0.4, -0.2) is 36.1 Å². The van der Waals surface area contributed by atoms with Crippen LogP contribution >= 0.6 is 0 Å². The second-order valence-corrected chi connectivity index (χ2v) is 6.88. The number of anilines is 1. The zero-order valence-corrected chi connectivity index (χ0v) is 17.6. The largest absolute Gasteiger partial charge is 0.465 e. The lowest BCUT2D eigenvalue weighted by atomic mass is 10.1. The number of carbonyl (C=O) groups is 2. The second-order valence-electron chi connectivity index (χ2n) is 6.88. The lowest BCUT2D eigenvalue weighted by molar-refractivity contribution is -0.139. The van der Waals surface area contributed by atoms with E-state index >= 15 is 0 Å². The van der Waals surface area contributed by atoms with E-state index in [0.717, 1.165) is 22.4 Å². The van der Waals surface area contributed by atoms with Gasteiger partial charge in [0.15, 0.2) is 0 Å². The molecule has 2 heterocycles. The van der Waals surface area contributed by atoms with E-state index in [2.05, 4.69) is 9.97 Å². The van der Waals surface area contributed by atoms with Gasteiger partial charge in [-0.3, -0.25) is 0 Å². The van der Waals surface area contributed by atoms with Crippen LogP contribution in [-0.2, 0) is 19.1 Å². The van der Waals surface area contributed by atoms with Gasteiger partial charge in [0, 0.05) is 11.9 Å². The third kappa shape index (κ3) is 4.22. The van der Waals surface area contributed by atoms with Gasteiger partial charge in [-0.25, -0.2) is 14.6 Å². The van der Waals surface area contributed by atoms with Gasteiger partial charge in [0.25, 0.3) is 0 Å². The number of imidazole rings is 1. The summed E-state index contributed by atoms with van der Waals surface area (Å²) in [4.78, 5) is 34.2. The number of nitrogens with one attached hydrogen (secondary N) is 1. The third-order valence-corrected chi connectivity index (χ3v) is 4.90. The number of aromatic amines is 1. The number of benzene rings is 2. The number of hydrogen-bond donors (Lipinski definition) is 1. The van der Waals surface area contributed by atoms with E-state index in [0.29, 0.717) is 5.69 Å². The predicted octanol–water partition coefficient (Wildman–Crippen LogP) is 4.22. The first-order valence-electron chi connectivity index (χ1n) is 9.88. The number of rotatable bonds is 5. The van der Waals surface area contributed by atoms with Gasteiger partial charge < -0.3 is 19.4 Å². The minimum Gasteiger partial charge on any atom is -0.465 e. The molecule has 7 nitrogen and oxygen atoms in total. The molecule has 0 radical (unpaired) electrons. The number of esters is 2. The minimum atomic E-state index is -0.643. The molecule has 1 aliphatic heterocycles. The first-order chi connectivity index (χ1) is 15.6. The maximum absolute atomic E-state index is 12.5. The Labute approximate surface area is 185 Å². The number of aromatic nitrogens is 2. The van der Waals surface area contributed by atoms with Crippen molar-refractivity contribution < 1.29 is 19.1 Å². The molecule has 7 heteroatoms. The van der Waals surface area contributed by atoms with Gasteiger partial charge in [-0.15, -0.1) is 0 Å². The molecule has 0 aliphatic carbocycles. The number of para-hydroxylation sites is 2. The highest BCUT2D eigenvalue weighted by Gasteiger charge is 2.27. The molecule has 0 bridgehead atoms. The Kier molecular flexibility index (Phi) is 5.98. The van der Waals surface area contributed by atoms with Crippen LogP contribution in [0.3, 0.4) is 0 Å². The van der Waals surface area contributed by atoms with E-state index < -0.39 is 11.9 Å². The quantitative estimate of drug-likeness (QED) is 0.614. The maximum Gasteiger partial charge on any atom is 0.355 e. The van der Waals surface area contributed by atoms with Crippen molar-refractivity contribution in [1.29, 1.82) is 0 Å². The zero-order chi connectivity index (χ0) is 22.5. The standard InChI is InChI=1S/C25H21N3O4/c1-31-24(29)19-7-5-6-16-28(23(19)25(30)32-2)18-13-10-17(11-14-18)12-15-22-26-20-8-3-4-9-21(20)27-22/h3-16H,1-2H3,(H,26,27). The average Bonchev–Trinajstić information content (AvgIpc) is 3.12. The van der Waals surface area contributed by atoms with Crippen molar-refractivity contribution in [2.45, 2.75) is 0 Å². The summed E-state index contributed by atoms with van der Waals surface area (Å²) in [5, 5.41) is 0. The summed E-state index contributed by atoms with van der Waals surface area (Å²) in [5.41, 5.74) is 3.71. The van der Waals surface area contributed by atoms with Gasteiger partial charge in [0.1, 0.15) is 11.5 Å². The molecule has 1 aliphatic rings. The number of hydrogen-bond acceptors (Lipinski definition) is 6. The molecule has 0 saturated heterocycles. The average molecular weight is 427 g/mol. The van der Waals surface area contributed by atoms with Crippen LogP contribution in [0.2, 0.25) is 0 Å². The lowest BCUT2D eigenvalue weighted by Crippen LogP contribution is -2.26. The molecule has 0 fully saturated rings. The first-order valence-corrected chi connectivity index (χ1v) is 9.88. The predicted molar refractivity (Wildman–Crippen MR) is 123 cm³/mol. The lowest BCUT2D eigenvalue weighted by Gasteiger charge is -2.23. The zero-order valence-electron chi connectivity index (χ0n) is 17.6. The SMILES string of the molecule is COC(=O)C1=C(C(=O)OC)N(c2ccc(C=Cc3nc4ccccc4[nH]3)cc2)C=CC=C1. The molecular formula is C25H21N3O4. The van der Waals surface area contributed by atoms with Gasteiger partial charge in [0.05, 0.1) is 30.8 Å². The molecule has 0 amide bonds. The van der Waals surface area contributed by atoms with E-state index in [4.69, 9.17) is 9.47 Å². The maximum atomic E-state index is 12.5. The number of nitrogens with zero attached hydrogens (tertiary/aromatic N) is 2. The summed E-state index contributed by atoms with van der Waals surface area (Å²) in [6.45, 7) is 0. The first kappa shape index (κ1) is 20.9. The van der Waals surface area contributed by atoms with Gasteiger partial charge in [-0.05, 0) is 48.1 Å². The summed E-state index contributed by atoms with van der Waals surface area (Å²) in [6, 6.07) is 15.4. The minimum absolute atomic E-state index is 0.0786. The Morgan fingerprint density at radius 1 is 0.938 bits per heavy atom. The molecule has 0 saturated carbocycles. The number of ether oxygens (including phenoxy) is 2. The fourth-order valence-corrected chi connectivity index (χ4v) is 3.34. The van der Waals surface area contributed by atoms with Crippen molar-refractivity contribution in [1.82, 2.24) is 9.97 Å².